The van der Waals surface area contributed by atoms with E-state index in [1.54, 1.807) is 5.38 Å². The quantitative estimate of drug-likeness (QED) is 0.491. The van der Waals surface area contributed by atoms with Crippen molar-refractivity contribution in [3.8, 4) is 0 Å². The summed E-state index contributed by atoms with van der Waals surface area (Å²) < 4.78 is 55.7. The Kier molecular flexibility index (Phi) is 5.86. The lowest BCUT2D eigenvalue weighted by atomic mass is 9.72. The van der Waals surface area contributed by atoms with Crippen LogP contribution in [-0.2, 0) is 36.2 Å². The van der Waals surface area contributed by atoms with E-state index >= 15 is 0 Å². The molecule has 0 aromatic carbocycles. The molecule has 36 heavy (non-hydrogen) atoms. The molecule has 5 aliphatic rings. The molecule has 6 rings (SSSR count). The molecule has 3 unspecified atom stereocenters. The molecule has 196 valence electrons. The van der Waals surface area contributed by atoms with Crippen LogP contribution in [0, 0.1) is 29.6 Å². The first-order valence-electron chi connectivity index (χ1n) is 12.5. The van der Waals surface area contributed by atoms with E-state index in [0.29, 0.717) is 18.4 Å². The number of carbonyl (C=O) groups excluding carboxylic acids is 2. The van der Waals surface area contributed by atoms with Crippen LogP contribution >= 0.6 is 11.3 Å². The van der Waals surface area contributed by atoms with Gasteiger partial charge in [-0.1, -0.05) is 19.3 Å². The zero-order valence-electron chi connectivity index (χ0n) is 20.0. The molecule has 3 saturated carbocycles. The highest BCUT2D eigenvalue weighted by molar-refractivity contribution is 7.91. The van der Waals surface area contributed by atoms with E-state index in [1.165, 1.54) is 19.3 Å². The Morgan fingerprint density at radius 1 is 1.19 bits per heavy atom. The van der Waals surface area contributed by atoms with E-state index in [0.717, 1.165) is 43.3 Å². The zero-order chi connectivity index (χ0) is 25.4. The van der Waals surface area contributed by atoms with Crippen LogP contribution in [0.2, 0.25) is 0 Å². The van der Waals surface area contributed by atoms with E-state index in [1.807, 2.05) is 4.90 Å². The molecule has 2 N–H and O–H groups in total. The Morgan fingerprint density at radius 2 is 1.94 bits per heavy atom. The van der Waals surface area contributed by atoms with E-state index in [9.17, 15) is 26.4 Å². The highest BCUT2D eigenvalue weighted by Crippen LogP contribution is 2.54. The minimum atomic E-state index is -4.23. The van der Waals surface area contributed by atoms with Crippen LogP contribution in [0.5, 0.6) is 0 Å². The first-order chi connectivity index (χ1) is 17.0. The van der Waals surface area contributed by atoms with Gasteiger partial charge >= 0.3 is 0 Å². The van der Waals surface area contributed by atoms with Gasteiger partial charge in [0.1, 0.15) is 15.7 Å². The van der Waals surface area contributed by atoms with E-state index in [4.69, 9.17) is 0 Å². The van der Waals surface area contributed by atoms with Gasteiger partial charge < -0.3 is 10.2 Å². The summed E-state index contributed by atoms with van der Waals surface area (Å²) in [4.78, 5) is 29.4. The zero-order valence-corrected chi connectivity index (χ0v) is 22.4. The first-order valence-corrected chi connectivity index (χ1v) is 16.8. The van der Waals surface area contributed by atoms with Crippen molar-refractivity contribution in [1.29, 1.82) is 0 Å². The van der Waals surface area contributed by atoms with Crippen molar-refractivity contribution < 1.29 is 26.4 Å². The second-order valence-electron chi connectivity index (χ2n) is 10.9. The first kappa shape index (κ1) is 24.5. The molecule has 1 saturated heterocycles. The predicted molar refractivity (Wildman–Crippen MR) is 135 cm³/mol. The maximum Gasteiger partial charge on any atom is 0.287 e. The molecule has 1 aromatic rings. The molecule has 2 bridgehead atoms. The van der Waals surface area contributed by atoms with Crippen LogP contribution in [0.25, 0.3) is 0 Å². The van der Waals surface area contributed by atoms with E-state index in [2.05, 4.69) is 14.4 Å². The van der Waals surface area contributed by atoms with Gasteiger partial charge in [-0.25, -0.2) is 13.1 Å². The van der Waals surface area contributed by atoms with Gasteiger partial charge in [-0.2, -0.15) is 8.42 Å². The lowest BCUT2D eigenvalue weighted by Gasteiger charge is -2.46. The fourth-order valence-electron chi connectivity index (χ4n) is 6.87. The number of amides is 1. The molecule has 1 amide bonds. The molecule has 3 aliphatic carbocycles. The molecule has 5 atom stereocenters. The maximum absolute atomic E-state index is 13.8. The number of carbonyl (C=O) groups is 2. The molecular weight excluding hydrogens is 524 g/mol. The van der Waals surface area contributed by atoms with Gasteiger partial charge in [-0.05, 0) is 48.8 Å². The lowest BCUT2D eigenvalue weighted by molar-refractivity contribution is -0.152. The molecule has 2 aliphatic heterocycles. The summed E-state index contributed by atoms with van der Waals surface area (Å²) in [7, 11) is -7.76. The monoisotopic (exact) mass is 554 g/mol. The molecule has 4 fully saturated rings. The molecule has 10 nitrogen and oxygen atoms in total. The summed E-state index contributed by atoms with van der Waals surface area (Å²) in [6.07, 6.45) is 8.44. The lowest BCUT2D eigenvalue weighted by Crippen LogP contribution is -2.62. The number of nitrogens with zero attached hydrogens (tertiary/aromatic N) is 2. The minimum Gasteiger partial charge on any atom is -0.338 e. The molecule has 3 heterocycles. The van der Waals surface area contributed by atoms with Crippen molar-refractivity contribution in [3.05, 3.63) is 10.9 Å². The van der Waals surface area contributed by atoms with Crippen molar-refractivity contribution >= 4 is 53.9 Å². The van der Waals surface area contributed by atoms with Crippen LogP contribution in [0.3, 0.4) is 0 Å². The van der Waals surface area contributed by atoms with Gasteiger partial charge in [0, 0.05) is 30.6 Å². The number of fused-ring (bicyclic) bond motifs is 6. The van der Waals surface area contributed by atoms with Gasteiger partial charge in [0.25, 0.3) is 10.0 Å². The smallest absolute Gasteiger partial charge is 0.287 e. The normalized spacial score (nSPS) is 33.1. The average molecular weight is 555 g/mol. The highest BCUT2D eigenvalue weighted by Gasteiger charge is 2.60. The molecule has 13 heteroatoms. The molecule has 0 spiro atoms. The number of likely N-dealkylation sites (tertiary alicyclic amines) is 1. The number of hydrogen-bond acceptors (Lipinski definition) is 8. The van der Waals surface area contributed by atoms with Gasteiger partial charge in [0.2, 0.25) is 15.9 Å². The topological polar surface area (TPSA) is 142 Å². The SMILES string of the molecule is CS(=O)(=O)NCc1csc2c1S(=O)(=O)N=C(C1C(=O)C3C([C@@H]4CC[C@H]3C4)N(CCC3CCC3)C1=O)N2. The Hall–Kier alpha value is -1.83. The average Bonchev–Trinajstić information content (AvgIpc) is 3.47. The highest BCUT2D eigenvalue weighted by atomic mass is 32.2. The van der Waals surface area contributed by atoms with E-state index < -0.39 is 26.0 Å². The second kappa shape index (κ2) is 8.60. The number of hydrogen-bond donors (Lipinski definition) is 2. The predicted octanol–water partition coefficient (Wildman–Crippen LogP) is 1.94. The number of anilines is 1. The summed E-state index contributed by atoms with van der Waals surface area (Å²) in [6.45, 7) is 0.406. The van der Waals surface area contributed by atoms with Gasteiger partial charge in [-0.3, -0.25) is 9.59 Å². The number of piperidine rings is 1. The summed E-state index contributed by atoms with van der Waals surface area (Å²) in [6, 6.07) is -0.0770. The fourth-order valence-corrected chi connectivity index (χ4v) is 9.94. The molecule has 1 aromatic heterocycles. The summed E-state index contributed by atoms with van der Waals surface area (Å²) in [5.41, 5.74) is 0.271. The van der Waals surface area contributed by atoms with Gasteiger partial charge in [-0.15, -0.1) is 15.7 Å². The molecular formula is C23H30N4O6S3. The fraction of sp³-hybridized carbons (Fsp3) is 0.696. The van der Waals surface area contributed by atoms with Crippen LogP contribution in [0.4, 0.5) is 5.00 Å². The Bertz CT molecular complexity index is 1360. The molecule has 0 radical (unpaired) electrons. The van der Waals surface area contributed by atoms with Crippen molar-refractivity contribution in [3.63, 3.8) is 0 Å². The van der Waals surface area contributed by atoms with Crippen LogP contribution in [-0.4, -0.2) is 58.1 Å². The van der Waals surface area contributed by atoms with Crippen molar-refractivity contribution in [2.75, 3.05) is 18.1 Å². The largest absolute Gasteiger partial charge is 0.338 e. The van der Waals surface area contributed by atoms with Crippen LogP contribution in [0.15, 0.2) is 14.7 Å². The number of rotatable bonds is 7. The summed E-state index contributed by atoms with van der Waals surface area (Å²) >= 11 is 1.09. The summed E-state index contributed by atoms with van der Waals surface area (Å²) in [5, 5.41) is 4.78. The Labute approximate surface area is 215 Å². The summed E-state index contributed by atoms with van der Waals surface area (Å²) in [5.74, 6) is -1.00. The van der Waals surface area contributed by atoms with Crippen LogP contribution in [0.1, 0.15) is 50.5 Å². The number of amidine groups is 1. The number of ketones is 1. The van der Waals surface area contributed by atoms with Crippen LogP contribution < -0.4 is 10.0 Å². The number of Topliss-reactive ketones (excluding diaryl/α,β-unsaturated/α-hetero) is 1. The van der Waals surface area contributed by atoms with Gasteiger partial charge in [0.05, 0.1) is 6.26 Å². The maximum atomic E-state index is 13.8. The Balaban J connectivity index is 1.32. The third-order valence-corrected chi connectivity index (χ3v) is 11.9. The number of nitrogens with one attached hydrogen (secondary N) is 2. The van der Waals surface area contributed by atoms with Crippen molar-refractivity contribution in [2.24, 2.45) is 34.0 Å². The van der Waals surface area contributed by atoms with E-state index in [-0.39, 0.29) is 57.4 Å². The third-order valence-electron chi connectivity index (χ3n) is 8.71. The number of thiophene rings is 1. The van der Waals surface area contributed by atoms with Crippen molar-refractivity contribution in [1.82, 2.24) is 9.62 Å². The Morgan fingerprint density at radius 3 is 2.64 bits per heavy atom. The number of sulfonamides is 2. The standard InChI is InChI=1S/C23H30N4O6S3/c1-35(30,31)24-10-15-11-34-22-20(15)36(32,33)26-21(25-22)17-19(28)16-13-5-6-14(9-13)18(16)27(23(17)29)8-7-12-3-2-4-12/h11-14,16-18,24H,2-10H2,1H3,(H,25,26)/t13-,14+,16?,17?,18?/m0/s1. The van der Waals surface area contributed by atoms with Crippen molar-refractivity contribution in [2.45, 2.75) is 62.4 Å². The van der Waals surface area contributed by atoms with Gasteiger partial charge in [0.15, 0.2) is 11.7 Å². The minimum absolute atomic E-state index is 0.0770. The third kappa shape index (κ3) is 4.02. The second-order valence-corrected chi connectivity index (χ2v) is 15.1.